The van der Waals surface area contributed by atoms with E-state index in [1.165, 1.54) is 0 Å². The Labute approximate surface area is 116 Å². The number of piperidine rings is 1. The van der Waals surface area contributed by atoms with E-state index in [2.05, 4.69) is 0 Å². The summed E-state index contributed by atoms with van der Waals surface area (Å²) in [6, 6.07) is -1.38. The van der Waals surface area contributed by atoms with Gasteiger partial charge < -0.3 is 5.11 Å². The number of amides is 2. The molecule has 8 heteroatoms. The van der Waals surface area contributed by atoms with Crippen molar-refractivity contribution in [1.29, 1.82) is 0 Å². The van der Waals surface area contributed by atoms with Crippen molar-refractivity contribution >= 4 is 27.6 Å². The zero-order valence-electron chi connectivity index (χ0n) is 11.1. The molecule has 0 aromatic heterocycles. The average molecular weight is 303 g/mol. The number of rotatable bonds is 5. The first-order valence-corrected chi connectivity index (χ1v) is 8.54. The van der Waals surface area contributed by atoms with Crippen molar-refractivity contribution in [2.24, 2.45) is 11.8 Å². The second-order valence-corrected chi connectivity index (χ2v) is 7.79. The Morgan fingerprint density at radius 3 is 2.20 bits per heavy atom. The number of fused-ring (bicyclic) bond motifs is 2. The third-order valence-corrected chi connectivity index (χ3v) is 4.94. The van der Waals surface area contributed by atoms with Crippen LogP contribution in [0.1, 0.15) is 25.7 Å². The van der Waals surface area contributed by atoms with Crippen LogP contribution in [0.5, 0.6) is 0 Å². The number of carbonyl (C=O) groups excluding carboxylic acids is 2. The maximum atomic E-state index is 12.2. The topological polar surface area (TPSA) is 109 Å². The van der Waals surface area contributed by atoms with E-state index in [4.69, 9.17) is 0 Å². The van der Waals surface area contributed by atoms with E-state index in [0.717, 1.165) is 11.2 Å². The maximum absolute atomic E-state index is 12.2. The van der Waals surface area contributed by atoms with Crippen molar-refractivity contribution in [3.8, 4) is 0 Å². The largest absolute Gasteiger partial charge is 0.480 e. The van der Waals surface area contributed by atoms with E-state index in [-0.39, 0.29) is 24.0 Å². The number of aliphatic carboxylic acids is 1. The van der Waals surface area contributed by atoms with Gasteiger partial charge in [-0.25, -0.2) is 13.2 Å². The summed E-state index contributed by atoms with van der Waals surface area (Å²) in [6.45, 7) is 0. The highest BCUT2D eigenvalue weighted by atomic mass is 32.2. The van der Waals surface area contributed by atoms with Crippen molar-refractivity contribution in [2.75, 3.05) is 12.0 Å². The Hall–Kier alpha value is -1.44. The summed E-state index contributed by atoms with van der Waals surface area (Å²) in [7, 11) is -3.35. The van der Waals surface area contributed by atoms with E-state index in [9.17, 15) is 27.9 Å². The summed E-state index contributed by atoms with van der Waals surface area (Å²) in [6.07, 6.45) is 2.43. The highest BCUT2D eigenvalue weighted by Gasteiger charge is 2.49. The molecule has 1 saturated heterocycles. The molecule has 0 aromatic rings. The fraction of sp³-hybridized carbons (Fsp3) is 0.750. The monoisotopic (exact) mass is 303 g/mol. The van der Waals surface area contributed by atoms with Crippen LogP contribution in [0, 0.1) is 11.8 Å². The predicted molar refractivity (Wildman–Crippen MR) is 68.4 cm³/mol. The fourth-order valence-electron chi connectivity index (χ4n) is 2.93. The summed E-state index contributed by atoms with van der Waals surface area (Å²) in [5.74, 6) is -3.22. The Balaban J connectivity index is 2.22. The lowest BCUT2D eigenvalue weighted by molar-refractivity contribution is -0.163. The van der Waals surface area contributed by atoms with Gasteiger partial charge >= 0.3 is 5.97 Å². The lowest BCUT2D eigenvalue weighted by atomic mass is 9.95. The van der Waals surface area contributed by atoms with Crippen molar-refractivity contribution in [3.63, 3.8) is 0 Å². The first kappa shape index (κ1) is 15.0. The highest BCUT2D eigenvalue weighted by Crippen LogP contribution is 2.39. The lowest BCUT2D eigenvalue weighted by Crippen LogP contribution is -2.54. The zero-order chi connectivity index (χ0) is 15.1. The van der Waals surface area contributed by atoms with Gasteiger partial charge in [0, 0.05) is 18.1 Å². The van der Waals surface area contributed by atoms with Crippen LogP contribution in [0.2, 0.25) is 0 Å². The van der Waals surface area contributed by atoms with Crippen LogP contribution in [0.25, 0.3) is 0 Å². The standard InChI is InChI=1S/C12H17NO6S/c1-20(18,19)5-4-9(12(16)17)13-10(14)7-2-3-8(6-7)11(13)15/h7-9H,2-6H2,1H3,(H,16,17). The first-order valence-electron chi connectivity index (χ1n) is 6.48. The first-order chi connectivity index (χ1) is 9.20. The van der Waals surface area contributed by atoms with Gasteiger partial charge in [-0.1, -0.05) is 0 Å². The van der Waals surface area contributed by atoms with Crippen molar-refractivity contribution in [3.05, 3.63) is 0 Å². The Morgan fingerprint density at radius 1 is 1.30 bits per heavy atom. The SMILES string of the molecule is CS(=O)(=O)CCC(C(=O)O)N1C(=O)C2CCC(C2)C1=O. The van der Waals surface area contributed by atoms with Gasteiger partial charge in [-0.2, -0.15) is 0 Å². The number of hydrogen-bond acceptors (Lipinski definition) is 5. The molecule has 1 N–H and O–H groups in total. The minimum Gasteiger partial charge on any atom is -0.480 e. The molecule has 1 aliphatic carbocycles. The van der Waals surface area contributed by atoms with E-state index in [1.807, 2.05) is 0 Å². The van der Waals surface area contributed by atoms with Gasteiger partial charge in [0.2, 0.25) is 11.8 Å². The fourth-order valence-corrected chi connectivity index (χ4v) is 3.58. The third-order valence-electron chi connectivity index (χ3n) is 3.96. The average Bonchev–Trinajstić information content (AvgIpc) is 2.76. The van der Waals surface area contributed by atoms with Gasteiger partial charge in [0.25, 0.3) is 0 Å². The van der Waals surface area contributed by atoms with Crippen molar-refractivity contribution < 1.29 is 27.9 Å². The number of hydrogen-bond donors (Lipinski definition) is 1. The quantitative estimate of drug-likeness (QED) is 0.696. The van der Waals surface area contributed by atoms with Gasteiger partial charge in [0.1, 0.15) is 15.9 Å². The zero-order valence-corrected chi connectivity index (χ0v) is 11.9. The van der Waals surface area contributed by atoms with Crippen molar-refractivity contribution in [1.82, 2.24) is 4.90 Å². The van der Waals surface area contributed by atoms with Gasteiger partial charge in [0.05, 0.1) is 5.75 Å². The smallest absolute Gasteiger partial charge is 0.326 e. The van der Waals surface area contributed by atoms with E-state index in [1.54, 1.807) is 0 Å². The Bertz CT molecular complexity index is 532. The molecule has 2 aliphatic rings. The van der Waals surface area contributed by atoms with E-state index >= 15 is 0 Å². The number of carboxylic acids is 1. The molecular formula is C12H17NO6S. The van der Waals surface area contributed by atoms with Crippen LogP contribution < -0.4 is 0 Å². The van der Waals surface area contributed by atoms with E-state index in [0.29, 0.717) is 19.3 Å². The molecular weight excluding hydrogens is 286 g/mol. The number of sulfone groups is 1. The molecule has 0 spiro atoms. The van der Waals surface area contributed by atoms with Crippen LogP contribution in [0.4, 0.5) is 0 Å². The second-order valence-electron chi connectivity index (χ2n) is 5.53. The molecule has 7 nitrogen and oxygen atoms in total. The van der Waals surface area contributed by atoms with Gasteiger partial charge in [-0.3, -0.25) is 14.5 Å². The summed E-state index contributed by atoms with van der Waals surface area (Å²) < 4.78 is 22.3. The molecule has 2 fully saturated rings. The molecule has 20 heavy (non-hydrogen) atoms. The third kappa shape index (κ3) is 2.84. The molecule has 3 atom stereocenters. The summed E-state index contributed by atoms with van der Waals surface area (Å²) in [5.41, 5.74) is 0. The molecule has 2 rings (SSSR count). The van der Waals surface area contributed by atoms with Crippen LogP contribution in [-0.4, -0.2) is 54.3 Å². The predicted octanol–water partition coefficient (Wildman–Crippen LogP) is -0.341. The molecule has 1 saturated carbocycles. The number of nitrogens with zero attached hydrogens (tertiary/aromatic N) is 1. The molecule has 0 aromatic carbocycles. The molecule has 2 amide bonds. The maximum Gasteiger partial charge on any atom is 0.326 e. The van der Waals surface area contributed by atoms with Crippen LogP contribution in [0.3, 0.4) is 0 Å². The van der Waals surface area contributed by atoms with Crippen molar-refractivity contribution in [2.45, 2.75) is 31.7 Å². The van der Waals surface area contributed by atoms with Gasteiger partial charge in [-0.15, -0.1) is 0 Å². The number of likely N-dealkylation sites (tertiary alicyclic amines) is 1. The van der Waals surface area contributed by atoms with Gasteiger partial charge in [-0.05, 0) is 25.7 Å². The molecule has 112 valence electrons. The minimum atomic E-state index is -3.35. The number of carboxylic acid groups (broad SMARTS) is 1. The number of carbonyl (C=O) groups is 3. The molecule has 3 unspecified atom stereocenters. The summed E-state index contributed by atoms with van der Waals surface area (Å²) >= 11 is 0. The van der Waals surface area contributed by atoms with E-state index < -0.39 is 33.7 Å². The van der Waals surface area contributed by atoms with Crippen LogP contribution in [-0.2, 0) is 24.2 Å². The number of imide groups is 1. The normalized spacial score (nSPS) is 27.8. The van der Waals surface area contributed by atoms with Crippen LogP contribution in [0.15, 0.2) is 0 Å². The van der Waals surface area contributed by atoms with Gasteiger partial charge in [0.15, 0.2) is 0 Å². The highest BCUT2D eigenvalue weighted by molar-refractivity contribution is 7.90. The lowest BCUT2D eigenvalue weighted by Gasteiger charge is -2.33. The molecule has 1 aliphatic heterocycles. The van der Waals surface area contributed by atoms with Crippen LogP contribution >= 0.6 is 0 Å². The summed E-state index contributed by atoms with van der Waals surface area (Å²) in [4.78, 5) is 36.4. The molecule has 0 radical (unpaired) electrons. The second kappa shape index (κ2) is 5.16. The molecule has 1 heterocycles. The Morgan fingerprint density at radius 2 is 1.80 bits per heavy atom. The Kier molecular flexibility index (Phi) is 3.86. The minimum absolute atomic E-state index is 0.259. The summed E-state index contributed by atoms with van der Waals surface area (Å²) in [5, 5.41) is 9.21. The molecule has 2 bridgehead atoms.